The zero-order valence-electron chi connectivity index (χ0n) is 23.3. The van der Waals surface area contributed by atoms with E-state index < -0.39 is 11.8 Å². The fraction of sp³-hybridized carbons (Fsp3) is 0.576. The molecule has 0 atom stereocenters. The van der Waals surface area contributed by atoms with Crippen LogP contribution in [0, 0.1) is 22.6 Å². The highest BCUT2D eigenvalue weighted by Crippen LogP contribution is 2.41. The molecule has 1 fully saturated rings. The fourth-order valence-electron chi connectivity index (χ4n) is 5.28. The Kier molecular flexibility index (Phi) is 12.1. The van der Waals surface area contributed by atoms with E-state index in [2.05, 4.69) is 19.9 Å². The van der Waals surface area contributed by atoms with Gasteiger partial charge in [-0.1, -0.05) is 83.4 Å². The van der Waals surface area contributed by atoms with Gasteiger partial charge in [0.15, 0.2) is 0 Å². The Balaban J connectivity index is 1.49. The van der Waals surface area contributed by atoms with Crippen LogP contribution >= 0.6 is 0 Å². The summed E-state index contributed by atoms with van der Waals surface area (Å²) in [6, 6.07) is 14.8. The lowest BCUT2D eigenvalue weighted by molar-refractivity contribution is 0.0100. The lowest BCUT2D eigenvalue weighted by Crippen LogP contribution is -2.31. The van der Waals surface area contributed by atoms with E-state index in [0.29, 0.717) is 25.0 Å². The highest BCUT2D eigenvalue weighted by molar-refractivity contribution is 5.90. The number of hydrogen-bond acceptors (Lipinski definition) is 4. The van der Waals surface area contributed by atoms with Crippen LogP contribution in [0.4, 0.5) is 4.39 Å². The maximum Gasteiger partial charge on any atom is 0.341 e. The van der Waals surface area contributed by atoms with Crippen molar-refractivity contribution in [3.8, 4) is 22.9 Å². The van der Waals surface area contributed by atoms with Gasteiger partial charge in [-0.15, -0.1) is 0 Å². The smallest absolute Gasteiger partial charge is 0.341 e. The van der Waals surface area contributed by atoms with E-state index in [4.69, 9.17) is 9.47 Å². The van der Waals surface area contributed by atoms with Crippen molar-refractivity contribution in [3.63, 3.8) is 0 Å². The van der Waals surface area contributed by atoms with E-state index in [1.165, 1.54) is 57.1 Å². The topological polar surface area (TPSA) is 59.3 Å². The predicted octanol–water partition coefficient (Wildman–Crippen LogP) is 9.42. The molecular weight excluding hydrogens is 477 g/mol. The third-order valence-electron chi connectivity index (χ3n) is 7.80. The van der Waals surface area contributed by atoms with Gasteiger partial charge in [0.25, 0.3) is 0 Å². The molecule has 2 aromatic rings. The fourth-order valence-corrected chi connectivity index (χ4v) is 5.28. The summed E-state index contributed by atoms with van der Waals surface area (Å²) in [5.74, 6) is -0.414. The molecule has 0 heterocycles. The summed E-state index contributed by atoms with van der Waals surface area (Å²) in [6.07, 6.45) is 14.0. The van der Waals surface area contributed by atoms with Gasteiger partial charge in [-0.25, -0.2) is 9.18 Å². The predicted molar refractivity (Wildman–Crippen MR) is 151 cm³/mol. The van der Waals surface area contributed by atoms with Crippen molar-refractivity contribution >= 4 is 5.97 Å². The van der Waals surface area contributed by atoms with E-state index in [1.54, 1.807) is 6.07 Å². The quantitative estimate of drug-likeness (QED) is 0.173. The molecule has 3 rings (SSSR count). The van der Waals surface area contributed by atoms with Crippen LogP contribution in [0.25, 0.3) is 11.1 Å². The molecule has 0 amide bonds. The zero-order valence-corrected chi connectivity index (χ0v) is 23.3. The lowest BCUT2D eigenvalue weighted by atomic mass is 9.71. The summed E-state index contributed by atoms with van der Waals surface area (Å²) in [7, 11) is 0. The second kappa shape index (κ2) is 15.5. The van der Waals surface area contributed by atoms with Crippen molar-refractivity contribution in [1.82, 2.24) is 0 Å². The molecule has 4 nitrogen and oxygen atoms in total. The molecule has 0 N–H and O–H groups in total. The second-order valence-corrected chi connectivity index (χ2v) is 10.8. The first-order valence-electron chi connectivity index (χ1n) is 14.7. The van der Waals surface area contributed by atoms with Gasteiger partial charge in [0.05, 0.1) is 23.7 Å². The van der Waals surface area contributed by atoms with Crippen molar-refractivity contribution in [3.05, 3.63) is 53.8 Å². The summed E-state index contributed by atoms with van der Waals surface area (Å²) in [6.45, 7) is 5.08. The maximum absolute atomic E-state index is 14.9. The molecule has 0 aliphatic heterocycles. The van der Waals surface area contributed by atoms with Crippen LogP contribution in [0.1, 0.15) is 114 Å². The minimum Gasteiger partial charge on any atom is -0.494 e. The van der Waals surface area contributed by atoms with Crippen LogP contribution in [0.5, 0.6) is 5.75 Å². The average Bonchev–Trinajstić information content (AvgIpc) is 2.94. The van der Waals surface area contributed by atoms with E-state index in [1.807, 2.05) is 24.3 Å². The number of benzene rings is 2. The number of ether oxygens (including phenoxy) is 2. The van der Waals surface area contributed by atoms with E-state index in [-0.39, 0.29) is 17.1 Å². The number of halogens is 1. The highest BCUT2D eigenvalue weighted by Gasteiger charge is 2.36. The Labute approximate surface area is 228 Å². The number of hydrogen-bond donors (Lipinski definition) is 0. The van der Waals surface area contributed by atoms with Gasteiger partial charge < -0.3 is 9.47 Å². The number of esters is 1. The summed E-state index contributed by atoms with van der Waals surface area (Å²) < 4.78 is 26.4. The lowest BCUT2D eigenvalue weighted by Gasteiger charge is -2.34. The number of carbonyl (C=O) groups is 1. The number of nitrogens with zero attached hydrogens (tertiary/aromatic N) is 1. The Morgan fingerprint density at radius 3 is 2.18 bits per heavy atom. The summed E-state index contributed by atoms with van der Waals surface area (Å²) in [5, 5.41) is 9.81. The van der Waals surface area contributed by atoms with Crippen LogP contribution < -0.4 is 4.74 Å². The molecule has 2 aromatic carbocycles. The van der Waals surface area contributed by atoms with Crippen molar-refractivity contribution in [1.29, 1.82) is 5.26 Å². The van der Waals surface area contributed by atoms with Gasteiger partial charge in [-0.3, -0.25) is 0 Å². The molecule has 1 saturated carbocycles. The molecule has 1 aliphatic rings. The Morgan fingerprint density at radius 1 is 0.921 bits per heavy atom. The van der Waals surface area contributed by atoms with Gasteiger partial charge in [0, 0.05) is 0 Å². The zero-order chi connectivity index (χ0) is 27.2. The molecule has 0 aromatic heterocycles. The SMILES string of the molecule is CCCCCCCC1(C#N)CCC(OC(=O)c2ccc(-c3ccc(OCCCCCC)cc3)cc2F)CC1. The molecule has 0 unspecified atom stereocenters. The maximum atomic E-state index is 14.9. The highest BCUT2D eigenvalue weighted by atomic mass is 19.1. The Bertz CT molecular complexity index is 1040. The van der Waals surface area contributed by atoms with Gasteiger partial charge in [0.2, 0.25) is 0 Å². The van der Waals surface area contributed by atoms with Gasteiger partial charge in [0.1, 0.15) is 17.7 Å². The number of nitriles is 1. The molecule has 5 heteroatoms. The van der Waals surface area contributed by atoms with Gasteiger partial charge in [-0.05, 0) is 73.9 Å². The van der Waals surface area contributed by atoms with Crippen molar-refractivity contribution in [2.45, 2.75) is 110 Å². The van der Waals surface area contributed by atoms with E-state index in [9.17, 15) is 14.4 Å². The molecule has 1 aliphatic carbocycles. The van der Waals surface area contributed by atoms with Crippen LogP contribution in [-0.2, 0) is 4.74 Å². The number of rotatable bonds is 15. The average molecular weight is 522 g/mol. The van der Waals surface area contributed by atoms with Crippen LogP contribution in [0.2, 0.25) is 0 Å². The third kappa shape index (κ3) is 8.86. The molecule has 0 spiro atoms. The van der Waals surface area contributed by atoms with Crippen molar-refractivity contribution < 1.29 is 18.7 Å². The third-order valence-corrected chi connectivity index (χ3v) is 7.80. The largest absolute Gasteiger partial charge is 0.494 e. The summed E-state index contributed by atoms with van der Waals surface area (Å²) >= 11 is 0. The number of unbranched alkanes of at least 4 members (excludes halogenated alkanes) is 7. The standard InChI is InChI=1S/C33H44FNO3/c1-3-5-7-9-10-20-33(25-35)21-18-29(19-22-33)38-32(36)30-17-14-27(24-31(30)34)26-12-15-28(16-13-26)37-23-11-8-6-4-2/h12-17,24,29H,3-11,18-23H2,1-2H3. The van der Waals surface area contributed by atoms with Crippen LogP contribution in [0.15, 0.2) is 42.5 Å². The number of carbonyl (C=O) groups excluding carboxylic acids is 1. The molecule has 0 bridgehead atoms. The summed E-state index contributed by atoms with van der Waals surface area (Å²) in [5.41, 5.74) is 1.20. The second-order valence-electron chi connectivity index (χ2n) is 10.8. The van der Waals surface area contributed by atoms with E-state index >= 15 is 0 Å². The molecule has 38 heavy (non-hydrogen) atoms. The summed E-state index contributed by atoms with van der Waals surface area (Å²) in [4.78, 5) is 12.8. The van der Waals surface area contributed by atoms with Gasteiger partial charge in [-0.2, -0.15) is 5.26 Å². The van der Waals surface area contributed by atoms with Crippen molar-refractivity contribution in [2.75, 3.05) is 6.61 Å². The molecule has 0 saturated heterocycles. The monoisotopic (exact) mass is 521 g/mol. The minimum atomic E-state index is -0.630. The van der Waals surface area contributed by atoms with Gasteiger partial charge >= 0.3 is 5.97 Å². The van der Waals surface area contributed by atoms with Crippen LogP contribution in [-0.4, -0.2) is 18.7 Å². The molecule has 0 radical (unpaired) electrons. The van der Waals surface area contributed by atoms with E-state index in [0.717, 1.165) is 43.4 Å². The molecule has 206 valence electrons. The first kappa shape index (κ1) is 29.7. The first-order chi connectivity index (χ1) is 18.5. The Hall–Kier alpha value is -2.87. The van der Waals surface area contributed by atoms with Crippen molar-refractivity contribution in [2.24, 2.45) is 5.41 Å². The first-order valence-corrected chi connectivity index (χ1v) is 14.7. The minimum absolute atomic E-state index is 0.0474. The Morgan fingerprint density at radius 2 is 1.55 bits per heavy atom. The molecular formula is C33H44FNO3. The van der Waals surface area contributed by atoms with Crippen LogP contribution in [0.3, 0.4) is 0 Å². The normalized spacial score (nSPS) is 19.1.